The largest absolute Gasteiger partial charge is 0.361 e. The topological polar surface area (TPSA) is 49.6 Å². The van der Waals surface area contributed by atoms with Crippen LogP contribution in [0.5, 0.6) is 0 Å². The Hall–Kier alpha value is -1.85. The van der Waals surface area contributed by atoms with Gasteiger partial charge >= 0.3 is 0 Å². The second-order valence-corrected chi connectivity index (χ2v) is 6.70. The molecule has 1 amide bonds. The molecule has 1 aromatic heterocycles. The third-order valence-electron chi connectivity index (χ3n) is 4.53. The normalized spacial score (nSPS) is 15.7. The van der Waals surface area contributed by atoms with E-state index in [-0.39, 0.29) is 5.91 Å². The molecule has 1 fully saturated rings. The molecule has 1 aliphatic heterocycles. The average Bonchev–Trinajstić information content (AvgIpc) is 2.87. The third kappa shape index (κ3) is 3.97. The molecule has 0 radical (unpaired) electrons. The van der Waals surface area contributed by atoms with Crippen molar-refractivity contribution in [1.29, 1.82) is 0 Å². The quantitative estimate of drug-likeness (QED) is 0.853. The molecule has 0 spiro atoms. The summed E-state index contributed by atoms with van der Waals surface area (Å²) in [5.74, 6) is 0.882. The molecule has 0 bridgehead atoms. The number of halogens is 1. The Kier molecular flexibility index (Phi) is 5.21. The van der Waals surface area contributed by atoms with Crippen molar-refractivity contribution in [2.45, 2.75) is 26.8 Å². The Morgan fingerprint density at radius 1 is 1.25 bits per heavy atom. The summed E-state index contributed by atoms with van der Waals surface area (Å²) in [4.78, 5) is 16.8. The van der Waals surface area contributed by atoms with Crippen molar-refractivity contribution in [1.82, 2.24) is 15.0 Å². The van der Waals surface area contributed by atoms with E-state index in [0.717, 1.165) is 54.8 Å². The molecule has 0 aliphatic carbocycles. The Morgan fingerprint density at radius 2 is 2.00 bits per heavy atom. The van der Waals surface area contributed by atoms with Gasteiger partial charge in [0.05, 0.1) is 12.1 Å². The van der Waals surface area contributed by atoms with Crippen LogP contribution in [0.25, 0.3) is 0 Å². The molecule has 0 saturated carbocycles. The first-order valence-electron chi connectivity index (χ1n) is 8.19. The molecule has 1 aromatic carbocycles. The number of carbonyl (C=O) groups is 1. The second kappa shape index (κ2) is 7.36. The number of aryl methyl sites for hydroxylation is 2. The van der Waals surface area contributed by atoms with E-state index in [1.54, 1.807) is 0 Å². The van der Waals surface area contributed by atoms with Gasteiger partial charge in [0, 0.05) is 43.3 Å². The SMILES string of the molecule is Cc1noc(C)c1CC(=O)N1CCN(Cc2cccc(Cl)c2)CC1. The van der Waals surface area contributed by atoms with Crippen molar-refractivity contribution < 1.29 is 9.32 Å². The molecule has 2 heterocycles. The maximum Gasteiger partial charge on any atom is 0.227 e. The number of rotatable bonds is 4. The monoisotopic (exact) mass is 347 g/mol. The first kappa shape index (κ1) is 17.0. The van der Waals surface area contributed by atoms with Gasteiger partial charge in [0.15, 0.2) is 0 Å². The predicted molar refractivity (Wildman–Crippen MR) is 93.0 cm³/mol. The van der Waals surface area contributed by atoms with Gasteiger partial charge in [-0.2, -0.15) is 0 Å². The van der Waals surface area contributed by atoms with Crippen molar-refractivity contribution in [2.24, 2.45) is 0 Å². The lowest BCUT2D eigenvalue weighted by atomic mass is 10.1. The van der Waals surface area contributed by atoms with Crippen molar-refractivity contribution >= 4 is 17.5 Å². The lowest BCUT2D eigenvalue weighted by Gasteiger charge is -2.34. The zero-order valence-electron chi connectivity index (χ0n) is 14.1. The van der Waals surface area contributed by atoms with Gasteiger partial charge in [0.2, 0.25) is 5.91 Å². The molecule has 1 saturated heterocycles. The zero-order valence-corrected chi connectivity index (χ0v) is 14.8. The first-order valence-corrected chi connectivity index (χ1v) is 8.57. The van der Waals surface area contributed by atoms with Crippen LogP contribution in [0.15, 0.2) is 28.8 Å². The molecule has 0 N–H and O–H groups in total. The number of carbonyl (C=O) groups excluding carboxylic acids is 1. The smallest absolute Gasteiger partial charge is 0.227 e. The third-order valence-corrected chi connectivity index (χ3v) is 4.76. The Morgan fingerprint density at radius 3 is 2.62 bits per heavy atom. The molecule has 128 valence electrons. The lowest BCUT2D eigenvalue weighted by molar-refractivity contribution is -0.132. The molecule has 24 heavy (non-hydrogen) atoms. The fourth-order valence-corrected chi connectivity index (χ4v) is 3.28. The van der Waals surface area contributed by atoms with E-state index in [1.807, 2.05) is 36.9 Å². The van der Waals surface area contributed by atoms with E-state index >= 15 is 0 Å². The molecule has 5 nitrogen and oxygen atoms in total. The number of benzene rings is 1. The minimum atomic E-state index is 0.145. The molecule has 1 aliphatic rings. The Balaban J connectivity index is 1.52. The maximum atomic E-state index is 12.5. The number of piperazine rings is 1. The van der Waals surface area contributed by atoms with Crippen molar-refractivity contribution in [3.05, 3.63) is 51.9 Å². The fraction of sp³-hybridized carbons (Fsp3) is 0.444. The highest BCUT2D eigenvalue weighted by atomic mass is 35.5. The summed E-state index contributed by atoms with van der Waals surface area (Å²) < 4.78 is 5.14. The van der Waals surface area contributed by atoms with E-state index in [4.69, 9.17) is 16.1 Å². The van der Waals surface area contributed by atoms with Crippen LogP contribution in [-0.2, 0) is 17.8 Å². The number of hydrogen-bond donors (Lipinski definition) is 0. The van der Waals surface area contributed by atoms with Crippen LogP contribution in [0.2, 0.25) is 5.02 Å². The Bertz CT molecular complexity index is 701. The Labute approximate surface area is 147 Å². The summed E-state index contributed by atoms with van der Waals surface area (Å²) in [5, 5.41) is 4.68. The van der Waals surface area contributed by atoms with Gasteiger partial charge in [-0.3, -0.25) is 9.69 Å². The maximum absolute atomic E-state index is 12.5. The van der Waals surface area contributed by atoms with Gasteiger partial charge in [-0.15, -0.1) is 0 Å². The van der Waals surface area contributed by atoms with Crippen molar-refractivity contribution in [3.63, 3.8) is 0 Å². The molecular formula is C18H22ClN3O2. The van der Waals surface area contributed by atoms with Gasteiger partial charge in [0.1, 0.15) is 5.76 Å². The van der Waals surface area contributed by atoms with Crippen molar-refractivity contribution in [2.75, 3.05) is 26.2 Å². The fourth-order valence-electron chi connectivity index (χ4n) is 3.07. The molecular weight excluding hydrogens is 326 g/mol. The highest BCUT2D eigenvalue weighted by molar-refractivity contribution is 6.30. The molecule has 3 rings (SSSR count). The predicted octanol–water partition coefficient (Wildman–Crippen LogP) is 2.83. The minimum absolute atomic E-state index is 0.145. The summed E-state index contributed by atoms with van der Waals surface area (Å²) >= 11 is 6.04. The van der Waals surface area contributed by atoms with Crippen molar-refractivity contribution in [3.8, 4) is 0 Å². The van der Waals surface area contributed by atoms with Crippen LogP contribution in [-0.4, -0.2) is 47.0 Å². The lowest BCUT2D eigenvalue weighted by Crippen LogP contribution is -2.48. The number of amides is 1. The van der Waals surface area contributed by atoms with Gasteiger partial charge in [-0.25, -0.2) is 0 Å². The first-order chi connectivity index (χ1) is 11.5. The van der Waals surface area contributed by atoms with Crippen LogP contribution >= 0.6 is 11.6 Å². The average molecular weight is 348 g/mol. The molecule has 6 heteroatoms. The van der Waals surface area contributed by atoms with E-state index in [0.29, 0.717) is 6.42 Å². The van der Waals surface area contributed by atoms with Crippen LogP contribution < -0.4 is 0 Å². The van der Waals surface area contributed by atoms with Gasteiger partial charge in [-0.1, -0.05) is 28.9 Å². The van der Waals surface area contributed by atoms with Crippen LogP contribution in [0.3, 0.4) is 0 Å². The zero-order chi connectivity index (χ0) is 17.1. The van der Waals surface area contributed by atoms with E-state index in [1.165, 1.54) is 5.56 Å². The highest BCUT2D eigenvalue weighted by Crippen LogP contribution is 2.16. The summed E-state index contributed by atoms with van der Waals surface area (Å²) in [6.45, 7) is 7.85. The highest BCUT2D eigenvalue weighted by Gasteiger charge is 2.23. The van der Waals surface area contributed by atoms with Gasteiger partial charge in [0.25, 0.3) is 0 Å². The van der Waals surface area contributed by atoms with E-state index < -0.39 is 0 Å². The van der Waals surface area contributed by atoms with E-state index in [2.05, 4.69) is 16.1 Å². The van der Waals surface area contributed by atoms with Gasteiger partial charge in [-0.05, 0) is 31.5 Å². The number of hydrogen-bond acceptors (Lipinski definition) is 4. The summed E-state index contributed by atoms with van der Waals surface area (Å²) in [5.41, 5.74) is 2.93. The summed E-state index contributed by atoms with van der Waals surface area (Å²) in [7, 11) is 0. The summed E-state index contributed by atoms with van der Waals surface area (Å²) in [6.07, 6.45) is 0.370. The number of nitrogens with zero attached hydrogens (tertiary/aromatic N) is 3. The number of aromatic nitrogens is 1. The van der Waals surface area contributed by atoms with Gasteiger partial charge < -0.3 is 9.42 Å². The standard InChI is InChI=1S/C18H22ClN3O2/c1-13-17(14(2)24-20-13)11-18(23)22-8-6-21(7-9-22)12-15-4-3-5-16(19)10-15/h3-5,10H,6-9,11-12H2,1-2H3. The summed E-state index contributed by atoms with van der Waals surface area (Å²) in [6, 6.07) is 7.94. The molecule has 0 unspecified atom stereocenters. The van der Waals surface area contributed by atoms with Crippen LogP contribution in [0.1, 0.15) is 22.6 Å². The molecule has 0 atom stereocenters. The second-order valence-electron chi connectivity index (χ2n) is 6.27. The minimum Gasteiger partial charge on any atom is -0.361 e. The van der Waals surface area contributed by atoms with E-state index in [9.17, 15) is 4.79 Å². The van der Waals surface area contributed by atoms with Crippen LogP contribution in [0.4, 0.5) is 0 Å². The molecule has 2 aromatic rings. The van der Waals surface area contributed by atoms with Crippen LogP contribution in [0, 0.1) is 13.8 Å².